The SMILES string of the molecule is CCNc1cc(N(C(C)=O)C(C)C)c(N=Nc2ncc([N+](=O)[O-])s2)cc1OC. The molecule has 10 nitrogen and oxygen atoms in total. The molecule has 0 aliphatic carbocycles. The van der Waals surface area contributed by atoms with Crippen molar-refractivity contribution in [3.8, 4) is 5.75 Å². The maximum absolute atomic E-state index is 12.2. The summed E-state index contributed by atoms with van der Waals surface area (Å²) in [5.41, 5.74) is 1.66. The van der Waals surface area contributed by atoms with Crippen molar-refractivity contribution in [3.63, 3.8) is 0 Å². The van der Waals surface area contributed by atoms with Crippen molar-refractivity contribution in [2.75, 3.05) is 23.9 Å². The number of thiazole rings is 1. The second-order valence-corrected chi connectivity index (χ2v) is 6.98. The summed E-state index contributed by atoms with van der Waals surface area (Å²) in [4.78, 5) is 28.0. The van der Waals surface area contributed by atoms with Gasteiger partial charge in [0.15, 0.2) is 0 Å². The molecule has 0 radical (unpaired) electrons. The monoisotopic (exact) mass is 406 g/mol. The van der Waals surface area contributed by atoms with Crippen LogP contribution in [0.5, 0.6) is 5.75 Å². The lowest BCUT2D eigenvalue weighted by atomic mass is 10.1. The van der Waals surface area contributed by atoms with Crippen LogP contribution < -0.4 is 15.0 Å². The Morgan fingerprint density at radius 1 is 1.43 bits per heavy atom. The standard InChI is InChI=1S/C17H22N6O4S/c1-6-18-13-7-14(22(10(2)3)11(4)24)12(8-15(13)27-5)20-21-17-19-9-16(28-17)23(25)26/h7-10,18H,6H2,1-5H3. The number of nitro groups is 1. The molecule has 2 rings (SSSR count). The van der Waals surface area contributed by atoms with Crippen LogP contribution in [0.4, 0.5) is 27.2 Å². The minimum absolute atomic E-state index is 0.115. The molecule has 0 bridgehead atoms. The third-order valence-electron chi connectivity index (χ3n) is 3.68. The van der Waals surface area contributed by atoms with E-state index in [1.165, 1.54) is 14.0 Å². The number of carbonyl (C=O) groups excluding carboxylic acids is 1. The average Bonchev–Trinajstić information content (AvgIpc) is 3.10. The summed E-state index contributed by atoms with van der Waals surface area (Å²) in [6, 6.07) is 3.33. The van der Waals surface area contributed by atoms with Gasteiger partial charge >= 0.3 is 5.00 Å². The first-order valence-corrected chi connectivity index (χ1v) is 9.37. The Morgan fingerprint density at radius 2 is 2.14 bits per heavy atom. The number of aromatic nitrogens is 1. The topological polar surface area (TPSA) is 122 Å². The molecule has 1 amide bonds. The molecular formula is C17H22N6O4S. The lowest BCUT2D eigenvalue weighted by Gasteiger charge is -2.27. The molecule has 0 aliphatic rings. The number of hydrogen-bond acceptors (Lipinski definition) is 9. The van der Waals surface area contributed by atoms with Gasteiger partial charge in [0.05, 0.1) is 23.4 Å². The van der Waals surface area contributed by atoms with E-state index >= 15 is 0 Å². The van der Waals surface area contributed by atoms with E-state index in [1.807, 2.05) is 20.8 Å². The molecule has 1 heterocycles. The number of azo groups is 1. The van der Waals surface area contributed by atoms with Crippen molar-refractivity contribution < 1.29 is 14.5 Å². The second-order valence-electron chi connectivity index (χ2n) is 5.99. The number of anilines is 2. The van der Waals surface area contributed by atoms with E-state index in [0.29, 0.717) is 23.7 Å². The summed E-state index contributed by atoms with van der Waals surface area (Å²) in [6.07, 6.45) is 1.13. The summed E-state index contributed by atoms with van der Waals surface area (Å²) in [7, 11) is 1.53. The number of nitrogens with one attached hydrogen (secondary N) is 1. The van der Waals surface area contributed by atoms with Crippen molar-refractivity contribution in [1.82, 2.24) is 4.98 Å². The summed E-state index contributed by atoms with van der Waals surface area (Å²) in [5, 5.41) is 22.2. The molecule has 0 atom stereocenters. The summed E-state index contributed by atoms with van der Waals surface area (Å²) in [6.45, 7) is 7.88. The molecule has 0 fully saturated rings. The van der Waals surface area contributed by atoms with E-state index in [9.17, 15) is 14.9 Å². The molecule has 1 aromatic carbocycles. The molecule has 150 valence electrons. The van der Waals surface area contributed by atoms with E-state index in [0.717, 1.165) is 23.2 Å². The van der Waals surface area contributed by atoms with Crippen molar-refractivity contribution >= 4 is 44.4 Å². The number of rotatable bonds is 8. The average molecular weight is 406 g/mol. The highest BCUT2D eigenvalue weighted by Gasteiger charge is 2.22. The first kappa shape index (κ1) is 21.2. The van der Waals surface area contributed by atoms with E-state index in [-0.39, 0.29) is 22.1 Å². The molecule has 0 saturated carbocycles. The largest absolute Gasteiger partial charge is 0.495 e. The van der Waals surface area contributed by atoms with Crippen LogP contribution >= 0.6 is 11.3 Å². The fraction of sp³-hybridized carbons (Fsp3) is 0.412. The van der Waals surface area contributed by atoms with Gasteiger partial charge in [-0.25, -0.2) is 4.98 Å². The Kier molecular flexibility index (Phi) is 6.99. The van der Waals surface area contributed by atoms with Gasteiger partial charge in [-0.05, 0) is 38.2 Å². The van der Waals surface area contributed by atoms with Crippen molar-refractivity contribution in [1.29, 1.82) is 0 Å². The fourth-order valence-corrected chi connectivity index (χ4v) is 3.18. The third kappa shape index (κ3) is 4.80. The number of ether oxygens (including phenoxy) is 1. The molecule has 0 saturated heterocycles. The molecule has 1 aromatic heterocycles. The second kappa shape index (κ2) is 9.22. The minimum Gasteiger partial charge on any atom is -0.495 e. The Balaban J connectivity index is 2.56. The molecule has 28 heavy (non-hydrogen) atoms. The first-order valence-electron chi connectivity index (χ1n) is 8.56. The number of hydrogen-bond donors (Lipinski definition) is 1. The number of carbonyl (C=O) groups is 1. The maximum atomic E-state index is 12.2. The van der Waals surface area contributed by atoms with Crippen LogP contribution in [0.1, 0.15) is 27.7 Å². The van der Waals surface area contributed by atoms with Crippen LogP contribution in [-0.2, 0) is 4.79 Å². The van der Waals surface area contributed by atoms with Crippen LogP contribution in [0.25, 0.3) is 0 Å². The normalized spacial score (nSPS) is 11.1. The van der Waals surface area contributed by atoms with Crippen molar-refractivity contribution in [2.24, 2.45) is 10.2 Å². The highest BCUT2D eigenvalue weighted by molar-refractivity contribution is 7.18. The summed E-state index contributed by atoms with van der Waals surface area (Å²) < 4.78 is 5.41. The highest BCUT2D eigenvalue weighted by atomic mass is 32.1. The zero-order valence-corrected chi connectivity index (χ0v) is 17.1. The van der Waals surface area contributed by atoms with E-state index in [2.05, 4.69) is 20.5 Å². The number of benzene rings is 1. The molecule has 0 unspecified atom stereocenters. The maximum Gasteiger partial charge on any atom is 0.345 e. The molecule has 11 heteroatoms. The lowest BCUT2D eigenvalue weighted by Crippen LogP contribution is -2.35. The van der Waals surface area contributed by atoms with Gasteiger partial charge in [0.1, 0.15) is 17.6 Å². The van der Waals surface area contributed by atoms with Gasteiger partial charge in [-0.2, -0.15) is 0 Å². The van der Waals surface area contributed by atoms with Gasteiger partial charge < -0.3 is 15.0 Å². The van der Waals surface area contributed by atoms with E-state index in [4.69, 9.17) is 4.74 Å². The quantitative estimate of drug-likeness (QED) is 0.386. The number of methoxy groups -OCH3 is 1. The third-order valence-corrected chi connectivity index (χ3v) is 4.52. The number of amides is 1. The van der Waals surface area contributed by atoms with Crippen molar-refractivity contribution in [3.05, 3.63) is 28.4 Å². The Morgan fingerprint density at radius 3 is 2.64 bits per heavy atom. The minimum atomic E-state index is -0.535. The fourth-order valence-electron chi connectivity index (χ4n) is 2.62. The zero-order chi connectivity index (χ0) is 20.8. The van der Waals surface area contributed by atoms with E-state index < -0.39 is 4.92 Å². The van der Waals surface area contributed by atoms with Gasteiger partial charge in [-0.15, -0.1) is 10.2 Å². The number of nitrogens with zero attached hydrogens (tertiary/aromatic N) is 5. The molecule has 0 aliphatic heterocycles. The lowest BCUT2D eigenvalue weighted by molar-refractivity contribution is -0.380. The first-order chi connectivity index (χ1) is 13.3. The highest BCUT2D eigenvalue weighted by Crippen LogP contribution is 2.40. The van der Waals surface area contributed by atoms with Crippen LogP contribution in [0.2, 0.25) is 0 Å². The predicted molar refractivity (Wildman–Crippen MR) is 108 cm³/mol. The zero-order valence-electron chi connectivity index (χ0n) is 16.3. The van der Waals surface area contributed by atoms with Crippen molar-refractivity contribution in [2.45, 2.75) is 33.7 Å². The van der Waals surface area contributed by atoms with Crippen LogP contribution in [0.3, 0.4) is 0 Å². The van der Waals surface area contributed by atoms with Gasteiger partial charge in [0.2, 0.25) is 11.0 Å². The summed E-state index contributed by atoms with van der Waals surface area (Å²) >= 11 is 0.814. The Labute approximate surface area is 166 Å². The van der Waals surface area contributed by atoms with Gasteiger partial charge in [-0.1, -0.05) is 0 Å². The molecular weight excluding hydrogens is 384 g/mol. The van der Waals surface area contributed by atoms with E-state index in [1.54, 1.807) is 17.0 Å². The molecule has 1 N–H and O–H groups in total. The van der Waals surface area contributed by atoms with Gasteiger partial charge in [0.25, 0.3) is 0 Å². The molecule has 0 spiro atoms. The predicted octanol–water partition coefficient (Wildman–Crippen LogP) is 4.67. The van der Waals surface area contributed by atoms with Crippen LogP contribution in [0.15, 0.2) is 28.6 Å². The molecule has 2 aromatic rings. The summed E-state index contributed by atoms with van der Waals surface area (Å²) in [5.74, 6) is 0.390. The van der Waals surface area contributed by atoms with Gasteiger partial charge in [-0.3, -0.25) is 14.9 Å². The Hall–Kier alpha value is -3.08. The van der Waals surface area contributed by atoms with Gasteiger partial charge in [0, 0.05) is 25.6 Å². The Bertz CT molecular complexity index is 896. The van der Waals surface area contributed by atoms with Crippen LogP contribution in [-0.4, -0.2) is 35.5 Å². The van der Waals surface area contributed by atoms with Crippen LogP contribution in [0, 0.1) is 10.1 Å². The smallest absolute Gasteiger partial charge is 0.345 e.